The Morgan fingerprint density at radius 2 is 2.20 bits per heavy atom. The minimum atomic E-state index is 0. The van der Waals surface area contributed by atoms with Crippen LogP contribution in [0.3, 0.4) is 0 Å². The summed E-state index contributed by atoms with van der Waals surface area (Å²) in [6.45, 7) is 8.53. The van der Waals surface area contributed by atoms with Crippen molar-refractivity contribution >= 4 is 41.7 Å². The Kier molecular flexibility index (Phi) is 8.19. The molecule has 1 saturated heterocycles. The summed E-state index contributed by atoms with van der Waals surface area (Å²) in [5.41, 5.74) is 1.32. The first kappa shape index (κ1) is 20.7. The fourth-order valence-electron chi connectivity index (χ4n) is 3.45. The highest BCUT2D eigenvalue weighted by Crippen LogP contribution is 2.33. The van der Waals surface area contributed by atoms with Crippen LogP contribution in [0.4, 0.5) is 0 Å². The van der Waals surface area contributed by atoms with Crippen LogP contribution in [0.15, 0.2) is 29.3 Å². The van der Waals surface area contributed by atoms with Gasteiger partial charge in [0, 0.05) is 43.6 Å². The van der Waals surface area contributed by atoms with Crippen LogP contribution in [-0.2, 0) is 0 Å². The number of ether oxygens (including phenoxy) is 1. The normalized spacial score (nSPS) is 23.5. The summed E-state index contributed by atoms with van der Waals surface area (Å²) in [5, 5.41) is 4.32. The lowest BCUT2D eigenvalue weighted by Crippen LogP contribution is -2.49. The third-order valence-corrected chi connectivity index (χ3v) is 6.48. The van der Waals surface area contributed by atoms with E-state index >= 15 is 0 Å². The molecule has 4 nitrogen and oxygen atoms in total. The summed E-state index contributed by atoms with van der Waals surface area (Å²) in [7, 11) is 1.90. The van der Waals surface area contributed by atoms with E-state index < -0.39 is 0 Å². The largest absolute Gasteiger partial charge is 0.493 e. The molecule has 0 radical (unpaired) electrons. The first-order chi connectivity index (χ1) is 11.7. The van der Waals surface area contributed by atoms with E-state index in [0.717, 1.165) is 44.4 Å². The predicted molar refractivity (Wildman–Crippen MR) is 119 cm³/mol. The van der Waals surface area contributed by atoms with E-state index in [-0.39, 0.29) is 24.0 Å². The summed E-state index contributed by atoms with van der Waals surface area (Å²) < 4.78 is 5.77. The van der Waals surface area contributed by atoms with E-state index in [2.05, 4.69) is 59.0 Å². The van der Waals surface area contributed by atoms with Crippen LogP contribution in [-0.4, -0.2) is 55.2 Å². The van der Waals surface area contributed by atoms with Crippen molar-refractivity contribution in [1.82, 2.24) is 10.2 Å². The maximum atomic E-state index is 5.77. The number of guanidine groups is 1. The number of thioether (sulfide) groups is 1. The van der Waals surface area contributed by atoms with Gasteiger partial charge in [0.25, 0.3) is 0 Å². The number of halogens is 1. The Balaban J connectivity index is 0.00000225. The van der Waals surface area contributed by atoms with Gasteiger partial charge in [-0.25, -0.2) is 0 Å². The van der Waals surface area contributed by atoms with Crippen molar-refractivity contribution in [3.8, 4) is 5.75 Å². The van der Waals surface area contributed by atoms with Crippen molar-refractivity contribution in [2.45, 2.75) is 31.4 Å². The van der Waals surface area contributed by atoms with Crippen LogP contribution in [0.25, 0.3) is 0 Å². The number of hydrogen-bond acceptors (Lipinski definition) is 3. The topological polar surface area (TPSA) is 36.9 Å². The van der Waals surface area contributed by atoms with E-state index in [9.17, 15) is 0 Å². The maximum Gasteiger partial charge on any atom is 0.193 e. The standard InChI is InChI=1S/C19H29N3OS.HI/c1-14(2)18-13-22(9-11-24-18)19(20-3)21-12-15-8-10-23-17-7-5-4-6-16(15)17;/h4-7,14-15,18H,8-13H2,1-3H3,(H,20,21);1H. The van der Waals surface area contributed by atoms with Gasteiger partial charge >= 0.3 is 0 Å². The zero-order valence-corrected chi connectivity index (χ0v) is 18.6. The van der Waals surface area contributed by atoms with Gasteiger partial charge in [-0.15, -0.1) is 24.0 Å². The molecule has 0 amide bonds. The molecule has 0 bridgehead atoms. The summed E-state index contributed by atoms with van der Waals surface area (Å²) in [5.74, 6) is 4.47. The molecule has 6 heteroatoms. The van der Waals surface area contributed by atoms with Crippen molar-refractivity contribution in [2.24, 2.45) is 10.9 Å². The van der Waals surface area contributed by atoms with Crippen LogP contribution in [0.5, 0.6) is 5.75 Å². The van der Waals surface area contributed by atoms with Crippen molar-refractivity contribution in [3.63, 3.8) is 0 Å². The lowest BCUT2D eigenvalue weighted by molar-refractivity contribution is 0.266. The predicted octanol–water partition coefficient (Wildman–Crippen LogP) is 3.82. The number of nitrogens with zero attached hydrogens (tertiary/aromatic N) is 2. The molecule has 2 unspecified atom stereocenters. The van der Waals surface area contributed by atoms with Gasteiger partial charge in [0.1, 0.15) is 5.75 Å². The Morgan fingerprint density at radius 1 is 1.40 bits per heavy atom. The number of para-hydroxylation sites is 1. The summed E-state index contributed by atoms with van der Waals surface area (Å²) in [4.78, 5) is 6.96. The quantitative estimate of drug-likeness (QED) is 0.410. The van der Waals surface area contributed by atoms with Gasteiger partial charge < -0.3 is 15.0 Å². The molecule has 2 aliphatic rings. The zero-order valence-electron chi connectivity index (χ0n) is 15.4. The van der Waals surface area contributed by atoms with Gasteiger partial charge in [-0.2, -0.15) is 11.8 Å². The minimum Gasteiger partial charge on any atom is -0.493 e. The average Bonchev–Trinajstić information content (AvgIpc) is 2.62. The molecule has 1 fully saturated rings. The smallest absolute Gasteiger partial charge is 0.193 e. The molecule has 0 aromatic heterocycles. The molecular weight excluding hydrogens is 445 g/mol. The number of hydrogen-bond donors (Lipinski definition) is 1. The fourth-order valence-corrected chi connectivity index (χ4v) is 4.74. The number of fused-ring (bicyclic) bond motifs is 1. The summed E-state index contributed by atoms with van der Waals surface area (Å²) >= 11 is 2.10. The molecule has 1 N–H and O–H groups in total. The van der Waals surface area contributed by atoms with Gasteiger partial charge in [0.15, 0.2) is 5.96 Å². The van der Waals surface area contributed by atoms with Crippen LogP contribution in [0, 0.1) is 5.92 Å². The van der Waals surface area contributed by atoms with E-state index in [1.54, 1.807) is 0 Å². The summed E-state index contributed by atoms with van der Waals surface area (Å²) in [6.07, 6.45) is 1.06. The number of nitrogens with one attached hydrogen (secondary N) is 1. The second-order valence-electron chi connectivity index (χ2n) is 6.90. The molecular formula is C19H30IN3OS. The third-order valence-electron chi connectivity index (χ3n) is 4.94. The van der Waals surface area contributed by atoms with Crippen LogP contribution in [0.1, 0.15) is 31.7 Å². The molecule has 25 heavy (non-hydrogen) atoms. The maximum absolute atomic E-state index is 5.77. The minimum absolute atomic E-state index is 0. The number of rotatable bonds is 3. The highest BCUT2D eigenvalue weighted by atomic mass is 127. The highest BCUT2D eigenvalue weighted by molar-refractivity contribution is 14.0. The molecule has 2 aliphatic heterocycles. The second kappa shape index (κ2) is 9.90. The van der Waals surface area contributed by atoms with Gasteiger partial charge in [0.05, 0.1) is 6.61 Å². The average molecular weight is 475 g/mol. The Bertz CT molecular complexity index is 582. The molecule has 0 spiro atoms. The molecule has 2 heterocycles. The Morgan fingerprint density at radius 3 is 2.96 bits per heavy atom. The highest BCUT2D eigenvalue weighted by Gasteiger charge is 2.26. The van der Waals surface area contributed by atoms with E-state index in [4.69, 9.17) is 4.74 Å². The molecule has 3 rings (SSSR count). The molecule has 1 aromatic carbocycles. The number of benzene rings is 1. The van der Waals surface area contributed by atoms with E-state index in [1.807, 2.05) is 13.1 Å². The molecule has 0 saturated carbocycles. The van der Waals surface area contributed by atoms with Gasteiger partial charge in [0.2, 0.25) is 0 Å². The van der Waals surface area contributed by atoms with E-state index in [0.29, 0.717) is 17.1 Å². The van der Waals surface area contributed by atoms with E-state index in [1.165, 1.54) is 11.3 Å². The first-order valence-corrected chi connectivity index (χ1v) is 10.0. The first-order valence-electron chi connectivity index (χ1n) is 8.98. The van der Waals surface area contributed by atoms with Crippen molar-refractivity contribution < 1.29 is 4.74 Å². The Hall–Kier alpha value is -0.630. The van der Waals surface area contributed by atoms with Crippen molar-refractivity contribution in [1.29, 1.82) is 0 Å². The Labute approximate surface area is 173 Å². The SMILES string of the molecule is CN=C(NCC1CCOc2ccccc21)N1CCSC(C(C)C)C1.I. The fraction of sp³-hybridized carbons (Fsp3) is 0.632. The van der Waals surface area contributed by atoms with Crippen molar-refractivity contribution in [2.75, 3.05) is 39.0 Å². The molecule has 0 aliphatic carbocycles. The third kappa shape index (κ3) is 5.18. The second-order valence-corrected chi connectivity index (χ2v) is 8.25. The van der Waals surface area contributed by atoms with Gasteiger partial charge in [-0.05, 0) is 24.0 Å². The monoisotopic (exact) mass is 475 g/mol. The number of aliphatic imine (C=N–C) groups is 1. The van der Waals surface area contributed by atoms with Crippen LogP contribution < -0.4 is 10.1 Å². The summed E-state index contributed by atoms with van der Waals surface area (Å²) in [6, 6.07) is 8.41. The van der Waals surface area contributed by atoms with Crippen molar-refractivity contribution in [3.05, 3.63) is 29.8 Å². The lowest BCUT2D eigenvalue weighted by Gasteiger charge is -2.37. The zero-order chi connectivity index (χ0) is 16.9. The van der Waals surface area contributed by atoms with Gasteiger partial charge in [-0.1, -0.05) is 32.0 Å². The lowest BCUT2D eigenvalue weighted by atomic mass is 9.93. The van der Waals surface area contributed by atoms with Crippen LogP contribution >= 0.6 is 35.7 Å². The van der Waals surface area contributed by atoms with Gasteiger partial charge in [-0.3, -0.25) is 4.99 Å². The molecule has 1 aromatic rings. The molecule has 2 atom stereocenters. The van der Waals surface area contributed by atoms with Crippen LogP contribution in [0.2, 0.25) is 0 Å². The molecule has 140 valence electrons.